The molecule has 1 aromatic heterocycles. The van der Waals surface area contributed by atoms with Crippen LogP contribution in [0.25, 0.3) is 22.6 Å². The van der Waals surface area contributed by atoms with Crippen LogP contribution in [0.1, 0.15) is 28.6 Å². The van der Waals surface area contributed by atoms with Crippen molar-refractivity contribution in [1.82, 2.24) is 0 Å². The molecule has 4 rings (SSSR count). The minimum Gasteiger partial charge on any atom is -0.456 e. The van der Waals surface area contributed by atoms with E-state index in [-0.39, 0.29) is 0 Å². The SMILES string of the molecule is CC[n+]1cc(-c2ccc(C)cc2)sc1/C=C1\C=Cc2cc(C)ccc2O1. The van der Waals surface area contributed by atoms with Gasteiger partial charge >= 0.3 is 0 Å². The first-order valence-electron chi connectivity index (χ1n) is 8.91. The molecule has 1 aliphatic heterocycles. The van der Waals surface area contributed by atoms with E-state index in [1.807, 2.05) is 12.1 Å². The van der Waals surface area contributed by atoms with E-state index in [2.05, 4.69) is 80.1 Å². The van der Waals surface area contributed by atoms with Gasteiger partial charge in [-0.25, -0.2) is 0 Å². The molecule has 0 fully saturated rings. The van der Waals surface area contributed by atoms with Crippen molar-refractivity contribution in [2.75, 3.05) is 0 Å². The Morgan fingerprint density at radius 1 is 1.00 bits per heavy atom. The molecule has 0 unspecified atom stereocenters. The van der Waals surface area contributed by atoms with Crippen LogP contribution < -0.4 is 9.30 Å². The second-order valence-corrected chi connectivity index (χ2v) is 7.67. The van der Waals surface area contributed by atoms with Gasteiger partial charge in [-0.1, -0.05) is 52.8 Å². The molecule has 1 aliphatic rings. The molecule has 130 valence electrons. The largest absolute Gasteiger partial charge is 0.456 e. The number of benzene rings is 2. The maximum atomic E-state index is 6.09. The van der Waals surface area contributed by atoms with Crippen LogP contribution in [-0.4, -0.2) is 0 Å². The zero-order valence-electron chi connectivity index (χ0n) is 15.3. The highest BCUT2D eigenvalue weighted by molar-refractivity contribution is 7.15. The number of aromatic nitrogens is 1. The first-order valence-corrected chi connectivity index (χ1v) is 9.72. The van der Waals surface area contributed by atoms with Gasteiger partial charge in [0.05, 0.1) is 6.08 Å². The standard InChI is InChI=1S/C23H22NOS/c1-4-24-15-22(18-8-5-16(2)6-9-18)26-23(24)14-20-11-10-19-13-17(3)7-12-21(19)25-20/h5-15H,4H2,1-3H3/q+1/b20-14+. The lowest BCUT2D eigenvalue weighted by Crippen LogP contribution is -2.32. The smallest absolute Gasteiger partial charge is 0.266 e. The van der Waals surface area contributed by atoms with Crippen LogP contribution in [0.15, 0.2) is 60.5 Å². The van der Waals surface area contributed by atoms with Crippen molar-refractivity contribution in [2.45, 2.75) is 27.3 Å². The minimum atomic E-state index is 0.876. The topological polar surface area (TPSA) is 13.1 Å². The molecule has 0 saturated carbocycles. The van der Waals surface area contributed by atoms with Gasteiger partial charge < -0.3 is 4.74 Å². The molecule has 26 heavy (non-hydrogen) atoms. The van der Waals surface area contributed by atoms with Gasteiger partial charge in [0, 0.05) is 5.56 Å². The second kappa shape index (κ2) is 6.93. The van der Waals surface area contributed by atoms with E-state index in [0.29, 0.717) is 0 Å². The molecule has 2 heterocycles. The summed E-state index contributed by atoms with van der Waals surface area (Å²) in [6.45, 7) is 7.32. The number of hydrogen-bond donors (Lipinski definition) is 0. The number of allylic oxidation sites excluding steroid dienone is 1. The zero-order valence-corrected chi connectivity index (χ0v) is 16.1. The highest BCUT2D eigenvalue weighted by Crippen LogP contribution is 2.31. The van der Waals surface area contributed by atoms with Crippen LogP contribution in [0.4, 0.5) is 0 Å². The fraction of sp³-hybridized carbons (Fsp3) is 0.174. The molecule has 2 aromatic carbocycles. The normalized spacial score (nSPS) is 14.3. The third-order valence-corrected chi connectivity index (χ3v) is 5.66. The van der Waals surface area contributed by atoms with Gasteiger partial charge in [0.2, 0.25) is 0 Å². The number of thiazole rings is 1. The Labute approximate surface area is 158 Å². The van der Waals surface area contributed by atoms with Crippen molar-refractivity contribution in [3.63, 3.8) is 0 Å². The lowest BCUT2D eigenvalue weighted by Gasteiger charge is -2.14. The summed E-state index contributed by atoms with van der Waals surface area (Å²) in [7, 11) is 0. The third-order valence-electron chi connectivity index (χ3n) is 4.53. The fourth-order valence-electron chi connectivity index (χ4n) is 3.04. The summed E-state index contributed by atoms with van der Waals surface area (Å²) in [4.78, 5) is 1.27. The monoisotopic (exact) mass is 360 g/mol. The van der Waals surface area contributed by atoms with Crippen LogP contribution >= 0.6 is 11.3 Å². The summed E-state index contributed by atoms with van der Waals surface area (Å²) < 4.78 is 8.36. The Morgan fingerprint density at radius 2 is 1.77 bits per heavy atom. The Kier molecular flexibility index (Phi) is 4.48. The van der Waals surface area contributed by atoms with E-state index < -0.39 is 0 Å². The summed E-state index contributed by atoms with van der Waals surface area (Å²) in [6.07, 6.45) is 8.53. The van der Waals surface area contributed by atoms with Crippen molar-refractivity contribution < 1.29 is 9.30 Å². The molecule has 2 nitrogen and oxygen atoms in total. The van der Waals surface area contributed by atoms with Gasteiger partial charge in [0.25, 0.3) is 5.01 Å². The molecule has 0 bridgehead atoms. The van der Waals surface area contributed by atoms with Crippen molar-refractivity contribution in [2.24, 2.45) is 0 Å². The molecule has 0 radical (unpaired) electrons. The quantitative estimate of drug-likeness (QED) is 0.539. The summed E-state index contributed by atoms with van der Waals surface area (Å²) >= 11 is 1.79. The first kappa shape index (κ1) is 16.8. The van der Waals surface area contributed by atoms with Crippen molar-refractivity contribution in [3.05, 3.63) is 82.2 Å². The molecule has 3 aromatic rings. The predicted molar refractivity (Wildman–Crippen MR) is 109 cm³/mol. The van der Waals surface area contributed by atoms with Crippen LogP contribution in [0, 0.1) is 13.8 Å². The number of fused-ring (bicyclic) bond motifs is 1. The second-order valence-electron chi connectivity index (χ2n) is 6.61. The van der Waals surface area contributed by atoms with Gasteiger partial charge in [-0.05, 0) is 50.6 Å². The summed E-state index contributed by atoms with van der Waals surface area (Å²) in [5, 5.41) is 1.19. The van der Waals surface area contributed by atoms with Gasteiger partial charge in [-0.3, -0.25) is 0 Å². The van der Waals surface area contributed by atoms with E-state index >= 15 is 0 Å². The Morgan fingerprint density at radius 3 is 2.54 bits per heavy atom. The molecule has 0 aliphatic carbocycles. The minimum absolute atomic E-state index is 0.876. The molecular weight excluding hydrogens is 338 g/mol. The molecular formula is C23H22NOS+. The van der Waals surface area contributed by atoms with Crippen molar-refractivity contribution >= 4 is 23.5 Å². The Hall–Kier alpha value is -2.65. The number of hydrogen-bond acceptors (Lipinski definition) is 2. The van der Waals surface area contributed by atoms with Crippen LogP contribution in [-0.2, 0) is 6.54 Å². The van der Waals surface area contributed by atoms with Gasteiger partial charge in [-0.2, -0.15) is 4.57 Å². The van der Waals surface area contributed by atoms with Crippen molar-refractivity contribution in [1.29, 1.82) is 0 Å². The van der Waals surface area contributed by atoms with Crippen molar-refractivity contribution in [3.8, 4) is 16.2 Å². The highest BCUT2D eigenvalue weighted by atomic mass is 32.1. The average molecular weight is 361 g/mol. The molecule has 0 spiro atoms. The number of aryl methyl sites for hydroxylation is 3. The number of ether oxygens (including phenoxy) is 1. The van der Waals surface area contributed by atoms with E-state index in [4.69, 9.17) is 4.74 Å². The first-order chi connectivity index (χ1) is 12.6. The Bertz CT molecular complexity index is 1010. The zero-order chi connectivity index (χ0) is 18.1. The number of nitrogens with zero attached hydrogens (tertiary/aromatic N) is 1. The maximum Gasteiger partial charge on any atom is 0.266 e. The van der Waals surface area contributed by atoms with Gasteiger partial charge in [0.1, 0.15) is 22.9 Å². The molecule has 0 atom stereocenters. The van der Waals surface area contributed by atoms with Gasteiger partial charge in [-0.15, -0.1) is 0 Å². The Balaban J connectivity index is 1.67. The summed E-state index contributed by atoms with van der Waals surface area (Å²) in [6, 6.07) is 15.0. The molecule has 0 amide bonds. The summed E-state index contributed by atoms with van der Waals surface area (Å²) in [5.41, 5.74) is 4.92. The molecule has 0 N–H and O–H groups in total. The highest BCUT2D eigenvalue weighted by Gasteiger charge is 2.17. The maximum absolute atomic E-state index is 6.09. The van der Waals surface area contributed by atoms with E-state index in [0.717, 1.165) is 23.6 Å². The third kappa shape index (κ3) is 3.35. The molecule has 0 saturated heterocycles. The lowest BCUT2D eigenvalue weighted by molar-refractivity contribution is -0.690. The van der Waals surface area contributed by atoms with Crippen LogP contribution in [0.5, 0.6) is 5.75 Å². The lowest BCUT2D eigenvalue weighted by atomic mass is 10.1. The fourth-order valence-corrected chi connectivity index (χ4v) is 4.17. The van der Waals surface area contributed by atoms with E-state index in [9.17, 15) is 0 Å². The van der Waals surface area contributed by atoms with Crippen LogP contribution in [0.2, 0.25) is 0 Å². The molecule has 3 heteroatoms. The average Bonchev–Trinajstić information content (AvgIpc) is 3.05. The summed E-state index contributed by atoms with van der Waals surface area (Å²) in [5.74, 6) is 1.79. The van der Waals surface area contributed by atoms with Gasteiger partial charge in [0.15, 0.2) is 6.20 Å². The number of rotatable bonds is 3. The van der Waals surface area contributed by atoms with E-state index in [1.165, 1.54) is 26.6 Å². The predicted octanol–water partition coefficient (Wildman–Crippen LogP) is 5.79. The van der Waals surface area contributed by atoms with E-state index in [1.54, 1.807) is 11.3 Å². The van der Waals surface area contributed by atoms with Crippen LogP contribution in [0.3, 0.4) is 0 Å².